The van der Waals surface area contributed by atoms with E-state index in [2.05, 4.69) is 11.4 Å². The Morgan fingerprint density at radius 3 is 2.26 bits per heavy atom. The molecular weight excluding hydrogens is 464 g/mol. The number of likely N-dealkylation sites (N-methyl/N-ethyl adjacent to an activating group) is 1. The summed E-state index contributed by atoms with van der Waals surface area (Å²) in [7, 11) is 0.141. The molecule has 35 heavy (non-hydrogen) atoms. The molecule has 2 aromatic carbocycles. The third kappa shape index (κ3) is 5.56. The number of aromatic nitrogens is 1. The fourth-order valence-corrected chi connectivity index (χ4v) is 4.53. The summed E-state index contributed by atoms with van der Waals surface area (Å²) in [6.07, 6.45) is 1.17. The van der Waals surface area contributed by atoms with Crippen molar-refractivity contribution in [3.8, 4) is 17.5 Å². The number of rotatable bonds is 8. The largest absolute Gasteiger partial charge is 0.497 e. The molecule has 1 heterocycles. The van der Waals surface area contributed by atoms with Gasteiger partial charge in [0.05, 0.1) is 24.1 Å². The van der Waals surface area contributed by atoms with Crippen molar-refractivity contribution in [2.45, 2.75) is 31.7 Å². The fraction of sp³-hybridized carbons (Fsp3) is 0.308. The van der Waals surface area contributed by atoms with Crippen LogP contribution in [0.2, 0.25) is 0 Å². The van der Waals surface area contributed by atoms with Crippen molar-refractivity contribution in [3.63, 3.8) is 0 Å². The average molecular weight is 495 g/mol. The molecule has 0 aliphatic carbocycles. The molecule has 1 N–H and O–H groups in total. The first-order chi connectivity index (χ1) is 16.5. The van der Waals surface area contributed by atoms with Gasteiger partial charge < -0.3 is 10.1 Å². The van der Waals surface area contributed by atoms with Crippen molar-refractivity contribution in [3.05, 3.63) is 70.9 Å². The van der Waals surface area contributed by atoms with Crippen molar-refractivity contribution in [2.24, 2.45) is 0 Å². The summed E-state index contributed by atoms with van der Waals surface area (Å²) >= 11 is 0. The van der Waals surface area contributed by atoms with E-state index in [1.807, 2.05) is 61.6 Å². The van der Waals surface area contributed by atoms with Crippen molar-refractivity contribution in [1.29, 1.82) is 5.26 Å². The standard InChI is InChI=1S/C26H30N4O4S/c1-17-18(2)30(21-9-11-22(34-5)12-10-21)26(24(17)15-27)28-25(31)16-29(4)19(3)20-7-13-23(14-8-20)35(6,32)33/h7-14,19H,16H2,1-6H3,(H,28,31)/t19-/m1/s1. The number of carbonyl (C=O) groups excluding carboxylic acids is 1. The van der Waals surface area contributed by atoms with Crippen molar-refractivity contribution in [1.82, 2.24) is 9.47 Å². The zero-order chi connectivity index (χ0) is 25.9. The first-order valence-electron chi connectivity index (χ1n) is 11.0. The Labute approximate surface area is 206 Å². The Kier molecular flexibility index (Phi) is 7.68. The molecule has 0 aliphatic heterocycles. The molecule has 0 radical (unpaired) electrons. The van der Waals surface area contributed by atoms with Crippen LogP contribution in [-0.2, 0) is 14.6 Å². The number of ether oxygens (including phenoxy) is 1. The Balaban J connectivity index is 1.83. The lowest BCUT2D eigenvalue weighted by atomic mass is 10.1. The van der Waals surface area contributed by atoms with E-state index < -0.39 is 9.84 Å². The number of nitrogens with one attached hydrogen (secondary N) is 1. The van der Waals surface area contributed by atoms with Gasteiger partial charge in [-0.25, -0.2) is 8.42 Å². The van der Waals surface area contributed by atoms with Crippen LogP contribution in [0.4, 0.5) is 5.82 Å². The van der Waals surface area contributed by atoms with Gasteiger partial charge in [0.15, 0.2) is 9.84 Å². The second kappa shape index (κ2) is 10.3. The van der Waals surface area contributed by atoms with Crippen molar-refractivity contribution in [2.75, 3.05) is 32.3 Å². The SMILES string of the molecule is COc1ccc(-n2c(C)c(C)c(C#N)c2NC(=O)CN(C)[C@H](C)c2ccc(S(C)(=O)=O)cc2)cc1. The van der Waals surface area contributed by atoms with Gasteiger partial charge in [-0.15, -0.1) is 0 Å². The maximum atomic E-state index is 13.0. The minimum Gasteiger partial charge on any atom is -0.497 e. The summed E-state index contributed by atoms with van der Waals surface area (Å²) < 4.78 is 30.5. The Morgan fingerprint density at radius 2 is 1.74 bits per heavy atom. The number of amides is 1. The molecule has 0 fully saturated rings. The molecule has 0 bridgehead atoms. The van der Waals surface area contributed by atoms with E-state index in [-0.39, 0.29) is 23.4 Å². The highest BCUT2D eigenvalue weighted by Crippen LogP contribution is 2.31. The van der Waals surface area contributed by atoms with Gasteiger partial charge in [-0.05, 0) is 75.3 Å². The lowest BCUT2D eigenvalue weighted by Gasteiger charge is -2.25. The highest BCUT2D eigenvalue weighted by Gasteiger charge is 2.22. The second-order valence-corrected chi connectivity index (χ2v) is 10.6. The van der Waals surface area contributed by atoms with E-state index in [9.17, 15) is 18.5 Å². The van der Waals surface area contributed by atoms with E-state index in [1.165, 1.54) is 6.26 Å². The van der Waals surface area contributed by atoms with Crippen LogP contribution in [0.3, 0.4) is 0 Å². The average Bonchev–Trinajstić information content (AvgIpc) is 3.06. The highest BCUT2D eigenvalue weighted by atomic mass is 32.2. The van der Waals surface area contributed by atoms with E-state index in [4.69, 9.17) is 4.74 Å². The number of carbonyl (C=O) groups is 1. The normalized spacial score (nSPS) is 12.3. The lowest BCUT2D eigenvalue weighted by Crippen LogP contribution is -2.32. The zero-order valence-electron chi connectivity index (χ0n) is 20.8. The summed E-state index contributed by atoms with van der Waals surface area (Å²) in [5.41, 5.74) is 3.76. The third-order valence-electron chi connectivity index (χ3n) is 6.26. The van der Waals surface area contributed by atoms with Crippen LogP contribution in [0.1, 0.15) is 35.3 Å². The van der Waals surface area contributed by atoms with Crippen LogP contribution >= 0.6 is 0 Å². The Hall–Kier alpha value is -3.61. The van der Waals surface area contributed by atoms with Gasteiger partial charge in [-0.2, -0.15) is 5.26 Å². The van der Waals surface area contributed by atoms with Crippen LogP contribution in [0.15, 0.2) is 53.4 Å². The summed E-state index contributed by atoms with van der Waals surface area (Å²) in [6.45, 7) is 5.78. The first-order valence-corrected chi connectivity index (χ1v) is 12.9. The molecule has 184 valence electrons. The molecule has 1 aromatic heterocycles. The molecule has 3 rings (SSSR count). The number of sulfone groups is 1. The third-order valence-corrected chi connectivity index (χ3v) is 7.39. The van der Waals surface area contributed by atoms with Crippen molar-refractivity contribution >= 4 is 21.6 Å². The second-order valence-electron chi connectivity index (χ2n) is 8.56. The molecule has 8 nitrogen and oxygen atoms in total. The fourth-order valence-electron chi connectivity index (χ4n) is 3.90. The summed E-state index contributed by atoms with van der Waals surface area (Å²) in [6, 6.07) is 16.1. The minimum absolute atomic E-state index is 0.0751. The monoisotopic (exact) mass is 494 g/mol. The quantitative estimate of drug-likeness (QED) is 0.507. The van der Waals surface area contributed by atoms with Crippen LogP contribution in [-0.4, -0.2) is 50.7 Å². The number of methoxy groups -OCH3 is 1. The van der Waals surface area contributed by atoms with E-state index in [0.717, 1.165) is 22.5 Å². The molecule has 0 unspecified atom stereocenters. The Bertz CT molecular complexity index is 1370. The number of hydrogen-bond donors (Lipinski definition) is 1. The van der Waals surface area contributed by atoms with E-state index >= 15 is 0 Å². The van der Waals surface area contributed by atoms with Gasteiger partial charge >= 0.3 is 0 Å². The van der Waals surface area contributed by atoms with E-state index in [0.29, 0.717) is 17.1 Å². The molecule has 1 amide bonds. The molecule has 9 heteroatoms. The predicted molar refractivity (Wildman–Crippen MR) is 136 cm³/mol. The number of nitriles is 1. The topological polar surface area (TPSA) is 104 Å². The maximum absolute atomic E-state index is 13.0. The summed E-state index contributed by atoms with van der Waals surface area (Å²) in [5.74, 6) is 0.869. The van der Waals surface area contributed by atoms with E-state index in [1.54, 1.807) is 31.4 Å². The molecule has 0 saturated carbocycles. The van der Waals surface area contributed by atoms with Crippen LogP contribution in [0.5, 0.6) is 5.75 Å². The summed E-state index contributed by atoms with van der Waals surface area (Å²) in [5, 5.41) is 12.7. The summed E-state index contributed by atoms with van der Waals surface area (Å²) in [4.78, 5) is 15.2. The van der Waals surface area contributed by atoms with Crippen LogP contribution in [0.25, 0.3) is 5.69 Å². The molecular formula is C26H30N4O4S. The number of benzene rings is 2. The highest BCUT2D eigenvalue weighted by molar-refractivity contribution is 7.90. The minimum atomic E-state index is -3.27. The number of hydrogen-bond acceptors (Lipinski definition) is 6. The number of anilines is 1. The van der Waals surface area contributed by atoms with Gasteiger partial charge in [-0.1, -0.05) is 12.1 Å². The molecule has 1 atom stereocenters. The van der Waals surface area contributed by atoms with Gasteiger partial charge in [0.25, 0.3) is 0 Å². The Morgan fingerprint density at radius 1 is 1.14 bits per heavy atom. The number of nitrogens with zero attached hydrogens (tertiary/aromatic N) is 3. The van der Waals surface area contributed by atoms with Crippen LogP contribution in [0, 0.1) is 25.2 Å². The van der Waals surface area contributed by atoms with Gasteiger partial charge in [-0.3, -0.25) is 14.3 Å². The van der Waals surface area contributed by atoms with Gasteiger partial charge in [0.1, 0.15) is 17.6 Å². The molecule has 3 aromatic rings. The molecule has 0 aliphatic rings. The van der Waals surface area contributed by atoms with Gasteiger partial charge in [0.2, 0.25) is 5.91 Å². The first kappa shape index (κ1) is 26.0. The molecule has 0 saturated heterocycles. The smallest absolute Gasteiger partial charge is 0.239 e. The van der Waals surface area contributed by atoms with Gasteiger partial charge in [0, 0.05) is 23.7 Å². The van der Waals surface area contributed by atoms with Crippen molar-refractivity contribution < 1.29 is 17.9 Å². The molecule has 0 spiro atoms. The zero-order valence-corrected chi connectivity index (χ0v) is 21.6. The lowest BCUT2D eigenvalue weighted by molar-refractivity contribution is -0.117. The van der Waals surface area contributed by atoms with Crippen LogP contribution < -0.4 is 10.1 Å². The maximum Gasteiger partial charge on any atom is 0.239 e. The predicted octanol–water partition coefficient (Wildman–Crippen LogP) is 4.01.